The molecule has 0 spiro atoms. The molecule has 2 aromatic heterocycles. The molecule has 4 aromatic rings. The van der Waals surface area contributed by atoms with Crippen LogP contribution in [0.4, 0.5) is 10.2 Å². The Kier molecular flexibility index (Phi) is 8.02. The van der Waals surface area contributed by atoms with Crippen molar-refractivity contribution in [2.24, 2.45) is 5.73 Å². The van der Waals surface area contributed by atoms with Gasteiger partial charge in [0, 0.05) is 48.2 Å². The first kappa shape index (κ1) is 25.7. The number of nitrogens with two attached hydrogens (primary N) is 1. The van der Waals surface area contributed by atoms with E-state index in [0.29, 0.717) is 22.8 Å². The van der Waals surface area contributed by atoms with E-state index in [1.165, 1.54) is 41.0 Å². The van der Waals surface area contributed by atoms with Gasteiger partial charge in [-0.1, -0.05) is 12.1 Å². The third kappa shape index (κ3) is 5.88. The van der Waals surface area contributed by atoms with E-state index in [0.717, 1.165) is 0 Å². The average Bonchev–Trinajstić information content (AvgIpc) is 3.32. The van der Waals surface area contributed by atoms with Gasteiger partial charge in [0.1, 0.15) is 18.4 Å². The molecule has 0 saturated carbocycles. The van der Waals surface area contributed by atoms with Crippen LogP contribution in [0.15, 0.2) is 79.0 Å². The van der Waals surface area contributed by atoms with Gasteiger partial charge >= 0.3 is 0 Å². The first-order valence-corrected chi connectivity index (χ1v) is 11.5. The maximum Gasteiger partial charge on any atom is 0.259 e. The summed E-state index contributed by atoms with van der Waals surface area (Å²) in [5.74, 6) is -1.20. The number of rotatable bonds is 10. The molecule has 37 heavy (non-hydrogen) atoms. The first-order valence-electron chi connectivity index (χ1n) is 11.5. The monoisotopic (exact) mass is 503 g/mol. The molecule has 0 bridgehead atoms. The number of nitrogens with zero attached hydrogens (tertiary/aromatic N) is 4. The molecule has 0 radical (unpaired) electrons. The number of anilines is 1. The topological polar surface area (TPSA) is 124 Å². The molecule has 2 amide bonds. The van der Waals surface area contributed by atoms with E-state index in [-0.39, 0.29) is 36.7 Å². The van der Waals surface area contributed by atoms with Crippen LogP contribution in [0.1, 0.15) is 26.4 Å². The van der Waals surface area contributed by atoms with Gasteiger partial charge in [0.2, 0.25) is 5.91 Å². The van der Waals surface area contributed by atoms with E-state index >= 15 is 0 Å². The van der Waals surface area contributed by atoms with Gasteiger partial charge in [0.05, 0.1) is 18.3 Å². The number of pyridine rings is 1. The number of aliphatic hydroxyl groups excluding tert-OH is 1. The smallest absolute Gasteiger partial charge is 0.259 e. The zero-order valence-electron chi connectivity index (χ0n) is 20.1. The number of ether oxygens (including phenoxy) is 1. The molecular weight excluding hydrogens is 477 g/mol. The lowest BCUT2D eigenvalue weighted by atomic mass is 10.1. The van der Waals surface area contributed by atoms with Crippen LogP contribution in [0.25, 0.3) is 11.3 Å². The lowest BCUT2D eigenvalue weighted by Gasteiger charge is -2.31. The third-order valence-corrected chi connectivity index (χ3v) is 5.76. The fourth-order valence-corrected chi connectivity index (χ4v) is 3.98. The van der Waals surface area contributed by atoms with Crippen molar-refractivity contribution in [1.82, 2.24) is 14.8 Å². The number of hydrogen-bond donors (Lipinski definition) is 2. The highest BCUT2D eigenvalue weighted by atomic mass is 19.1. The molecule has 190 valence electrons. The summed E-state index contributed by atoms with van der Waals surface area (Å²) >= 11 is 0. The van der Waals surface area contributed by atoms with Gasteiger partial charge in [-0.15, -0.1) is 0 Å². The Morgan fingerprint density at radius 1 is 1.08 bits per heavy atom. The number of aromatic nitrogens is 3. The number of carbonyl (C=O) groups is 2. The SMILES string of the molecule is COCn1nc(-c2ccc(F)cc2)cc1N(C(=O)c1cccc(C(N)=O)c1)[C@@H](CO)Cc1ccccn1. The van der Waals surface area contributed by atoms with E-state index in [4.69, 9.17) is 10.5 Å². The van der Waals surface area contributed by atoms with E-state index in [1.54, 1.807) is 48.7 Å². The summed E-state index contributed by atoms with van der Waals surface area (Å²) in [6.45, 7) is -0.384. The standard InChI is InChI=1S/C27H26FN5O4/c1-37-17-32-25(15-24(31-32)18-8-10-21(28)11-9-18)33(23(16-34)14-22-7-2-3-12-30-22)27(36)20-6-4-5-19(13-20)26(29)35/h2-13,15,23,34H,14,16-17H2,1H3,(H2,29,35)/t23-/m1/s1. The van der Waals surface area contributed by atoms with Crippen molar-refractivity contribution in [2.45, 2.75) is 19.2 Å². The van der Waals surface area contributed by atoms with Crippen molar-refractivity contribution in [3.05, 3.63) is 102 Å². The zero-order valence-corrected chi connectivity index (χ0v) is 20.1. The second-order valence-corrected chi connectivity index (χ2v) is 8.29. The number of carbonyl (C=O) groups excluding carboxylic acids is 2. The lowest BCUT2D eigenvalue weighted by molar-refractivity contribution is 0.0948. The summed E-state index contributed by atoms with van der Waals surface area (Å²) in [7, 11) is 1.49. The molecule has 0 aliphatic carbocycles. The zero-order chi connectivity index (χ0) is 26.4. The normalized spacial score (nSPS) is 11.8. The van der Waals surface area contributed by atoms with Crippen LogP contribution in [0, 0.1) is 5.82 Å². The van der Waals surface area contributed by atoms with Crippen molar-refractivity contribution in [2.75, 3.05) is 18.6 Å². The summed E-state index contributed by atoms with van der Waals surface area (Å²) in [6, 6.07) is 18.2. The van der Waals surface area contributed by atoms with Gasteiger partial charge in [-0.05, 0) is 54.6 Å². The molecule has 0 saturated heterocycles. The van der Waals surface area contributed by atoms with Crippen molar-refractivity contribution >= 4 is 17.6 Å². The Morgan fingerprint density at radius 2 is 1.84 bits per heavy atom. The lowest BCUT2D eigenvalue weighted by Crippen LogP contribution is -2.45. The van der Waals surface area contributed by atoms with Crippen molar-refractivity contribution in [3.8, 4) is 11.3 Å². The molecule has 3 N–H and O–H groups in total. The first-order chi connectivity index (χ1) is 17.9. The number of methoxy groups -OCH3 is 1. The number of hydrogen-bond acceptors (Lipinski definition) is 6. The summed E-state index contributed by atoms with van der Waals surface area (Å²) in [5.41, 5.74) is 7.58. The molecule has 2 heterocycles. The third-order valence-electron chi connectivity index (χ3n) is 5.76. The molecule has 4 rings (SSSR count). The maximum absolute atomic E-state index is 14.0. The highest BCUT2D eigenvalue weighted by molar-refractivity contribution is 6.07. The maximum atomic E-state index is 14.0. The van der Waals surface area contributed by atoms with Gasteiger partial charge in [-0.3, -0.25) is 19.5 Å². The number of primary amides is 1. The minimum absolute atomic E-state index is 0.00334. The Hall–Kier alpha value is -4.41. The van der Waals surface area contributed by atoms with Crippen LogP contribution in [-0.4, -0.2) is 51.4 Å². The molecule has 0 fully saturated rings. The van der Waals surface area contributed by atoms with Gasteiger partial charge in [0.25, 0.3) is 5.91 Å². The Balaban J connectivity index is 1.84. The number of aliphatic hydroxyl groups is 1. The largest absolute Gasteiger partial charge is 0.394 e. The number of benzene rings is 2. The average molecular weight is 504 g/mol. The number of amides is 2. The van der Waals surface area contributed by atoms with Gasteiger partial charge in [-0.25, -0.2) is 9.07 Å². The van der Waals surface area contributed by atoms with Gasteiger partial charge in [0.15, 0.2) is 0 Å². The van der Waals surface area contributed by atoms with Crippen LogP contribution < -0.4 is 10.6 Å². The summed E-state index contributed by atoms with van der Waals surface area (Å²) in [5, 5.41) is 15.0. The molecule has 0 aliphatic rings. The summed E-state index contributed by atoms with van der Waals surface area (Å²) in [4.78, 5) is 31.5. The molecule has 0 unspecified atom stereocenters. The fourth-order valence-electron chi connectivity index (χ4n) is 3.98. The predicted octanol–water partition coefficient (Wildman–Crippen LogP) is 3.04. The van der Waals surface area contributed by atoms with E-state index < -0.39 is 17.9 Å². The van der Waals surface area contributed by atoms with Crippen LogP contribution in [0.5, 0.6) is 0 Å². The molecule has 9 nitrogen and oxygen atoms in total. The van der Waals surface area contributed by atoms with Crippen molar-refractivity contribution < 1.29 is 23.8 Å². The second-order valence-electron chi connectivity index (χ2n) is 8.29. The van der Waals surface area contributed by atoms with Crippen LogP contribution >= 0.6 is 0 Å². The number of halogens is 1. The molecule has 1 atom stereocenters. The van der Waals surface area contributed by atoms with Crippen LogP contribution in [0.3, 0.4) is 0 Å². The quantitative estimate of drug-likeness (QED) is 0.343. The summed E-state index contributed by atoms with van der Waals surface area (Å²) in [6.07, 6.45) is 1.87. The Labute approximate surface area is 212 Å². The molecule has 0 aliphatic heterocycles. The second kappa shape index (κ2) is 11.5. The predicted molar refractivity (Wildman–Crippen MR) is 135 cm³/mol. The van der Waals surface area contributed by atoms with Crippen LogP contribution in [0.2, 0.25) is 0 Å². The Morgan fingerprint density at radius 3 is 2.49 bits per heavy atom. The van der Waals surface area contributed by atoms with Crippen LogP contribution in [-0.2, 0) is 17.9 Å². The minimum Gasteiger partial charge on any atom is -0.394 e. The van der Waals surface area contributed by atoms with Crippen molar-refractivity contribution in [3.63, 3.8) is 0 Å². The molecule has 10 heteroatoms. The highest BCUT2D eigenvalue weighted by Crippen LogP contribution is 2.28. The fraction of sp³-hybridized carbons (Fsp3) is 0.185. The van der Waals surface area contributed by atoms with Gasteiger partial charge in [-0.2, -0.15) is 5.10 Å². The van der Waals surface area contributed by atoms with E-state index in [9.17, 15) is 19.1 Å². The molecule has 2 aromatic carbocycles. The van der Waals surface area contributed by atoms with Gasteiger partial charge < -0.3 is 15.6 Å². The van der Waals surface area contributed by atoms with Crippen molar-refractivity contribution in [1.29, 1.82) is 0 Å². The van der Waals surface area contributed by atoms with E-state index in [2.05, 4.69) is 10.1 Å². The summed E-state index contributed by atoms with van der Waals surface area (Å²) < 4.78 is 20.3. The Bertz CT molecular complexity index is 1380. The highest BCUT2D eigenvalue weighted by Gasteiger charge is 2.30. The molecular formula is C27H26FN5O4. The van der Waals surface area contributed by atoms with E-state index in [1.807, 2.05) is 6.07 Å². The minimum atomic E-state index is -0.743.